The minimum atomic E-state index is 0.224. The third-order valence-electron chi connectivity index (χ3n) is 2.38. The van der Waals surface area contributed by atoms with E-state index in [2.05, 4.69) is 39.1 Å². The summed E-state index contributed by atoms with van der Waals surface area (Å²) >= 11 is 6.95. The van der Waals surface area contributed by atoms with Gasteiger partial charge in [-0.3, -0.25) is 0 Å². The highest BCUT2D eigenvalue weighted by atomic mass is 32.2. The Morgan fingerprint density at radius 1 is 1.39 bits per heavy atom. The van der Waals surface area contributed by atoms with Crippen LogP contribution < -0.4 is 11.1 Å². The van der Waals surface area contributed by atoms with Crippen LogP contribution in [0, 0.1) is 5.41 Å². The van der Waals surface area contributed by atoms with Crippen molar-refractivity contribution in [1.29, 1.82) is 0 Å². The summed E-state index contributed by atoms with van der Waals surface area (Å²) in [7, 11) is 0. The fourth-order valence-electron chi connectivity index (χ4n) is 1.57. The summed E-state index contributed by atoms with van der Waals surface area (Å²) in [5.74, 6) is 1.01. The van der Waals surface area contributed by atoms with Crippen LogP contribution in [0.15, 0.2) is 23.1 Å². The normalized spacial score (nSPS) is 11.3. The Morgan fingerprint density at radius 3 is 2.56 bits per heavy atom. The molecule has 1 aromatic rings. The van der Waals surface area contributed by atoms with Crippen LogP contribution in [0.25, 0.3) is 0 Å². The van der Waals surface area contributed by atoms with Gasteiger partial charge in [-0.05, 0) is 23.3 Å². The fraction of sp³-hybridized carbons (Fsp3) is 0.500. The zero-order valence-electron chi connectivity index (χ0n) is 11.5. The second-order valence-corrected chi connectivity index (χ2v) is 7.14. The van der Waals surface area contributed by atoms with Crippen LogP contribution in [-0.4, -0.2) is 17.3 Å². The van der Waals surface area contributed by atoms with Gasteiger partial charge in [-0.2, -0.15) is 0 Å². The third-order valence-corrected chi connectivity index (χ3v) is 3.53. The molecular formula is C14H22N2S2. The van der Waals surface area contributed by atoms with E-state index in [0.29, 0.717) is 4.99 Å². The second kappa shape index (κ2) is 6.43. The molecule has 0 heterocycles. The van der Waals surface area contributed by atoms with E-state index >= 15 is 0 Å². The molecule has 0 atom stereocenters. The van der Waals surface area contributed by atoms with E-state index in [1.807, 2.05) is 12.1 Å². The van der Waals surface area contributed by atoms with E-state index in [1.54, 1.807) is 11.8 Å². The number of hydrogen-bond donors (Lipinski definition) is 2. The number of benzene rings is 1. The molecule has 0 amide bonds. The maximum Gasteiger partial charge on any atom is 0.107 e. The predicted octanol–water partition coefficient (Wildman–Crippen LogP) is 3.89. The molecule has 100 valence electrons. The van der Waals surface area contributed by atoms with Crippen molar-refractivity contribution in [3.8, 4) is 0 Å². The van der Waals surface area contributed by atoms with E-state index < -0.39 is 0 Å². The Bertz CT molecular complexity index is 422. The first kappa shape index (κ1) is 15.3. The van der Waals surface area contributed by atoms with Crippen LogP contribution >= 0.6 is 24.0 Å². The average molecular weight is 282 g/mol. The Balaban J connectivity index is 3.03. The molecule has 0 aliphatic rings. The smallest absolute Gasteiger partial charge is 0.107 e. The molecule has 3 N–H and O–H groups in total. The Labute approximate surface area is 120 Å². The summed E-state index contributed by atoms with van der Waals surface area (Å²) in [6.07, 6.45) is 0. The number of thioether (sulfide) groups is 1. The topological polar surface area (TPSA) is 38.0 Å². The first-order valence-corrected chi connectivity index (χ1v) is 7.54. The van der Waals surface area contributed by atoms with Gasteiger partial charge in [0.1, 0.15) is 4.99 Å². The van der Waals surface area contributed by atoms with Gasteiger partial charge in [0, 0.05) is 22.7 Å². The molecule has 0 radical (unpaired) electrons. The van der Waals surface area contributed by atoms with Crippen LogP contribution in [0.4, 0.5) is 5.69 Å². The van der Waals surface area contributed by atoms with Gasteiger partial charge in [-0.15, -0.1) is 11.8 Å². The van der Waals surface area contributed by atoms with Crippen molar-refractivity contribution >= 4 is 34.7 Å². The summed E-state index contributed by atoms with van der Waals surface area (Å²) in [6.45, 7) is 9.62. The summed E-state index contributed by atoms with van der Waals surface area (Å²) in [6, 6.07) is 6.16. The Morgan fingerprint density at radius 2 is 2.06 bits per heavy atom. The van der Waals surface area contributed by atoms with Crippen molar-refractivity contribution in [2.75, 3.05) is 17.6 Å². The van der Waals surface area contributed by atoms with E-state index in [0.717, 1.165) is 28.4 Å². The van der Waals surface area contributed by atoms with Crippen molar-refractivity contribution in [2.24, 2.45) is 11.1 Å². The first-order chi connectivity index (χ1) is 8.35. The number of hydrogen-bond acceptors (Lipinski definition) is 3. The fourth-order valence-corrected chi connectivity index (χ4v) is 2.70. The monoisotopic (exact) mass is 282 g/mol. The summed E-state index contributed by atoms with van der Waals surface area (Å²) in [4.78, 5) is 1.62. The lowest BCUT2D eigenvalue weighted by Crippen LogP contribution is -2.21. The molecular weight excluding hydrogens is 260 g/mol. The molecule has 0 aliphatic carbocycles. The summed E-state index contributed by atoms with van der Waals surface area (Å²) < 4.78 is 0. The van der Waals surface area contributed by atoms with E-state index in [4.69, 9.17) is 18.0 Å². The van der Waals surface area contributed by atoms with Gasteiger partial charge in [0.25, 0.3) is 0 Å². The van der Waals surface area contributed by atoms with Crippen LogP contribution in [-0.2, 0) is 0 Å². The molecule has 4 heteroatoms. The highest BCUT2D eigenvalue weighted by Crippen LogP contribution is 2.29. The largest absolute Gasteiger partial charge is 0.389 e. The zero-order valence-corrected chi connectivity index (χ0v) is 13.2. The van der Waals surface area contributed by atoms with Gasteiger partial charge in [0.2, 0.25) is 0 Å². The standard InChI is InChI=1S/C14H22N2S2/c1-5-18-11-8-6-7-10(12(11)13(15)17)16-9-14(2,3)4/h6-8,16H,5,9H2,1-4H3,(H2,15,17). The number of nitrogens with two attached hydrogens (primary N) is 1. The molecule has 0 fully saturated rings. The Hall–Kier alpha value is -0.740. The predicted molar refractivity (Wildman–Crippen MR) is 86.7 cm³/mol. The van der Waals surface area contributed by atoms with Gasteiger partial charge >= 0.3 is 0 Å². The van der Waals surface area contributed by atoms with Crippen LogP contribution in [0.1, 0.15) is 33.3 Å². The minimum absolute atomic E-state index is 0.224. The van der Waals surface area contributed by atoms with Crippen molar-refractivity contribution < 1.29 is 0 Å². The quantitative estimate of drug-likeness (QED) is 0.635. The van der Waals surface area contributed by atoms with Crippen LogP contribution in [0.3, 0.4) is 0 Å². The van der Waals surface area contributed by atoms with E-state index in [1.165, 1.54) is 0 Å². The SMILES string of the molecule is CCSc1cccc(NCC(C)(C)C)c1C(N)=S. The molecule has 18 heavy (non-hydrogen) atoms. The summed E-state index contributed by atoms with van der Waals surface area (Å²) in [5, 5.41) is 3.45. The lowest BCUT2D eigenvalue weighted by atomic mass is 9.96. The van der Waals surface area contributed by atoms with E-state index in [-0.39, 0.29) is 5.41 Å². The van der Waals surface area contributed by atoms with Crippen LogP contribution in [0.5, 0.6) is 0 Å². The van der Waals surface area contributed by atoms with Crippen molar-refractivity contribution in [2.45, 2.75) is 32.6 Å². The number of anilines is 1. The Kier molecular flexibility index (Phi) is 5.47. The zero-order chi connectivity index (χ0) is 13.8. The van der Waals surface area contributed by atoms with Crippen molar-refractivity contribution in [1.82, 2.24) is 0 Å². The van der Waals surface area contributed by atoms with E-state index in [9.17, 15) is 0 Å². The number of rotatable bonds is 5. The maximum absolute atomic E-state index is 5.86. The molecule has 0 saturated carbocycles. The lowest BCUT2D eigenvalue weighted by molar-refractivity contribution is 0.443. The molecule has 0 bridgehead atoms. The molecule has 0 saturated heterocycles. The summed E-state index contributed by atoms with van der Waals surface area (Å²) in [5.41, 5.74) is 8.10. The van der Waals surface area contributed by atoms with Gasteiger partial charge in [0.05, 0.1) is 0 Å². The molecule has 2 nitrogen and oxygen atoms in total. The third kappa shape index (κ3) is 4.50. The van der Waals surface area contributed by atoms with Gasteiger partial charge < -0.3 is 11.1 Å². The van der Waals surface area contributed by atoms with Gasteiger partial charge in [-0.25, -0.2) is 0 Å². The van der Waals surface area contributed by atoms with Crippen LogP contribution in [0.2, 0.25) is 0 Å². The molecule has 1 rings (SSSR count). The minimum Gasteiger partial charge on any atom is -0.389 e. The van der Waals surface area contributed by atoms with Gasteiger partial charge in [0.15, 0.2) is 0 Å². The lowest BCUT2D eigenvalue weighted by Gasteiger charge is -2.22. The molecule has 0 aliphatic heterocycles. The molecule has 0 unspecified atom stereocenters. The second-order valence-electron chi connectivity index (χ2n) is 5.39. The van der Waals surface area contributed by atoms with Crippen molar-refractivity contribution in [3.05, 3.63) is 23.8 Å². The highest BCUT2D eigenvalue weighted by molar-refractivity contribution is 7.99. The molecule has 0 aromatic heterocycles. The first-order valence-electron chi connectivity index (χ1n) is 6.14. The number of thiocarbonyl (C=S) groups is 1. The maximum atomic E-state index is 5.86. The van der Waals surface area contributed by atoms with Gasteiger partial charge in [-0.1, -0.05) is 46.0 Å². The van der Waals surface area contributed by atoms with Crippen molar-refractivity contribution in [3.63, 3.8) is 0 Å². The highest BCUT2D eigenvalue weighted by Gasteiger charge is 2.14. The average Bonchev–Trinajstić information content (AvgIpc) is 2.25. The number of nitrogens with one attached hydrogen (secondary N) is 1. The molecule has 0 spiro atoms. The molecule has 1 aromatic carbocycles.